The van der Waals surface area contributed by atoms with Gasteiger partial charge in [-0.2, -0.15) is 0 Å². The minimum absolute atomic E-state index is 0.0178. The van der Waals surface area contributed by atoms with Gasteiger partial charge < -0.3 is 14.8 Å². The van der Waals surface area contributed by atoms with E-state index >= 15 is 0 Å². The molecule has 1 fully saturated rings. The molecule has 25 heavy (non-hydrogen) atoms. The van der Waals surface area contributed by atoms with Crippen LogP contribution in [0.3, 0.4) is 0 Å². The lowest BCUT2D eigenvalue weighted by molar-refractivity contribution is -0.105. The van der Waals surface area contributed by atoms with Gasteiger partial charge in [0.25, 0.3) is 11.7 Å². The van der Waals surface area contributed by atoms with Crippen molar-refractivity contribution >= 4 is 27.5 Å². The van der Waals surface area contributed by atoms with Crippen LogP contribution in [0.4, 0.5) is 10.1 Å². The second kappa shape index (κ2) is 6.33. The fourth-order valence-corrected chi connectivity index (χ4v) is 3.70. The number of carbonyl (C=O) groups excluding carboxylic acids is 1. The number of hydrogen-bond donors (Lipinski definition) is 1. The van der Waals surface area contributed by atoms with Crippen molar-refractivity contribution in [2.45, 2.75) is 37.9 Å². The fourth-order valence-electron chi connectivity index (χ4n) is 3.34. The molecule has 4 rings (SSSR count). The van der Waals surface area contributed by atoms with Crippen LogP contribution < -0.4 is 14.8 Å². The van der Waals surface area contributed by atoms with Crippen LogP contribution in [0.25, 0.3) is 0 Å². The lowest BCUT2D eigenvalue weighted by atomic mass is 9.94. The Labute approximate surface area is 153 Å². The first-order valence-corrected chi connectivity index (χ1v) is 9.12. The summed E-state index contributed by atoms with van der Waals surface area (Å²) in [7, 11) is 0. The Morgan fingerprint density at radius 1 is 1.04 bits per heavy atom. The first kappa shape index (κ1) is 16.4. The number of rotatable bonds is 2. The van der Waals surface area contributed by atoms with E-state index in [-0.39, 0.29) is 5.56 Å². The highest BCUT2D eigenvalue weighted by atomic mass is 79.9. The summed E-state index contributed by atoms with van der Waals surface area (Å²) in [5.41, 5.74) is 0.523. The lowest BCUT2D eigenvalue weighted by Crippen LogP contribution is -2.40. The number of nitrogens with one attached hydrogen (secondary N) is 1. The maximum Gasteiger partial charge on any atom is 0.258 e. The van der Waals surface area contributed by atoms with E-state index in [9.17, 15) is 9.18 Å². The van der Waals surface area contributed by atoms with Crippen molar-refractivity contribution in [2.75, 3.05) is 5.32 Å². The van der Waals surface area contributed by atoms with Gasteiger partial charge in [-0.15, -0.1) is 0 Å². The maximum atomic E-state index is 13.9. The zero-order chi connectivity index (χ0) is 17.4. The van der Waals surface area contributed by atoms with Crippen LogP contribution in [0.2, 0.25) is 0 Å². The number of anilines is 1. The highest BCUT2D eigenvalue weighted by Crippen LogP contribution is 2.46. The van der Waals surface area contributed by atoms with Gasteiger partial charge in [0.05, 0.1) is 5.56 Å². The average molecular weight is 406 g/mol. The number of amides is 1. The Hall–Kier alpha value is -2.08. The minimum Gasteiger partial charge on any atom is -0.448 e. The third-order valence-electron chi connectivity index (χ3n) is 4.58. The Balaban J connectivity index is 1.53. The molecule has 130 valence electrons. The molecule has 1 amide bonds. The van der Waals surface area contributed by atoms with E-state index in [0.717, 1.165) is 25.7 Å². The third kappa shape index (κ3) is 3.23. The predicted octanol–water partition coefficient (Wildman–Crippen LogP) is 5.27. The number of hydrogen-bond acceptors (Lipinski definition) is 3. The van der Waals surface area contributed by atoms with E-state index in [0.29, 0.717) is 21.7 Å². The Bertz CT molecular complexity index is 833. The summed E-state index contributed by atoms with van der Waals surface area (Å²) in [4.78, 5) is 12.3. The number of carbonyl (C=O) groups is 1. The van der Waals surface area contributed by atoms with E-state index in [1.165, 1.54) is 18.6 Å². The van der Waals surface area contributed by atoms with Crippen LogP contribution in [0.5, 0.6) is 11.5 Å². The van der Waals surface area contributed by atoms with Crippen molar-refractivity contribution in [3.05, 3.63) is 52.3 Å². The molecule has 2 aromatic rings. The summed E-state index contributed by atoms with van der Waals surface area (Å²) in [5.74, 6) is -0.324. The fraction of sp³-hybridized carbons (Fsp3) is 0.316. The van der Waals surface area contributed by atoms with Gasteiger partial charge >= 0.3 is 0 Å². The lowest BCUT2D eigenvalue weighted by Gasteiger charge is -2.31. The quantitative estimate of drug-likeness (QED) is 0.739. The highest BCUT2D eigenvalue weighted by molar-refractivity contribution is 9.10. The summed E-state index contributed by atoms with van der Waals surface area (Å²) >= 11 is 3.25. The summed E-state index contributed by atoms with van der Waals surface area (Å²) < 4.78 is 26.6. The van der Waals surface area contributed by atoms with Crippen LogP contribution in [-0.4, -0.2) is 11.7 Å². The molecular formula is C19H17BrFNO3. The van der Waals surface area contributed by atoms with Crippen LogP contribution in [0.15, 0.2) is 40.9 Å². The monoisotopic (exact) mass is 405 g/mol. The molecule has 1 aliphatic carbocycles. The van der Waals surface area contributed by atoms with Gasteiger partial charge in [-0.1, -0.05) is 22.4 Å². The van der Waals surface area contributed by atoms with Crippen molar-refractivity contribution in [1.82, 2.24) is 0 Å². The molecule has 2 aliphatic rings. The van der Waals surface area contributed by atoms with Crippen LogP contribution >= 0.6 is 15.9 Å². The zero-order valence-corrected chi connectivity index (χ0v) is 15.1. The number of ether oxygens (including phenoxy) is 2. The molecule has 0 radical (unpaired) electrons. The van der Waals surface area contributed by atoms with E-state index in [4.69, 9.17) is 9.47 Å². The average Bonchev–Trinajstić information content (AvgIpc) is 2.94. The first-order valence-electron chi connectivity index (χ1n) is 8.33. The third-order valence-corrected chi connectivity index (χ3v) is 5.08. The second-order valence-corrected chi connectivity index (χ2v) is 7.33. The van der Waals surface area contributed by atoms with Crippen molar-refractivity contribution in [3.8, 4) is 11.5 Å². The Morgan fingerprint density at radius 2 is 1.80 bits per heavy atom. The minimum atomic E-state index is -0.567. The van der Waals surface area contributed by atoms with Gasteiger partial charge in [-0.05, 0) is 43.2 Å². The van der Waals surface area contributed by atoms with Crippen molar-refractivity contribution in [3.63, 3.8) is 0 Å². The van der Waals surface area contributed by atoms with Crippen LogP contribution in [0.1, 0.15) is 42.5 Å². The smallest absolute Gasteiger partial charge is 0.258 e. The Morgan fingerprint density at radius 3 is 2.60 bits per heavy atom. The van der Waals surface area contributed by atoms with Gasteiger partial charge in [-0.3, -0.25) is 4.79 Å². The van der Waals surface area contributed by atoms with Crippen molar-refractivity contribution in [1.29, 1.82) is 0 Å². The molecule has 0 unspecified atom stereocenters. The topological polar surface area (TPSA) is 47.6 Å². The van der Waals surface area contributed by atoms with Gasteiger partial charge in [0.15, 0.2) is 11.5 Å². The van der Waals surface area contributed by atoms with E-state index in [1.54, 1.807) is 24.3 Å². The number of halogens is 2. The summed E-state index contributed by atoms with van der Waals surface area (Å²) in [5, 5.41) is 2.71. The van der Waals surface area contributed by atoms with Crippen LogP contribution in [-0.2, 0) is 0 Å². The largest absolute Gasteiger partial charge is 0.448 e. The van der Waals surface area contributed by atoms with E-state index < -0.39 is 17.5 Å². The van der Waals surface area contributed by atoms with Gasteiger partial charge in [0.1, 0.15) is 5.82 Å². The molecule has 1 spiro atoms. The summed E-state index contributed by atoms with van der Waals surface area (Å²) in [6.45, 7) is 0. The molecule has 4 nitrogen and oxygen atoms in total. The molecular weight excluding hydrogens is 389 g/mol. The molecule has 1 heterocycles. The molecule has 0 bridgehead atoms. The highest BCUT2D eigenvalue weighted by Gasteiger charge is 2.42. The number of benzene rings is 2. The molecule has 0 atom stereocenters. The molecule has 6 heteroatoms. The Kier molecular flexibility index (Phi) is 4.15. The van der Waals surface area contributed by atoms with E-state index in [1.807, 2.05) is 0 Å². The zero-order valence-electron chi connectivity index (χ0n) is 13.5. The summed E-state index contributed by atoms with van der Waals surface area (Å²) in [6.07, 6.45) is 5.10. The normalized spacial score (nSPS) is 17.5. The molecule has 1 N–H and O–H groups in total. The van der Waals surface area contributed by atoms with Gasteiger partial charge in [-0.25, -0.2) is 4.39 Å². The van der Waals surface area contributed by atoms with Crippen molar-refractivity contribution in [2.24, 2.45) is 0 Å². The van der Waals surface area contributed by atoms with Crippen LogP contribution in [0, 0.1) is 5.82 Å². The number of fused-ring (bicyclic) bond motifs is 1. The molecule has 0 aromatic heterocycles. The SMILES string of the molecule is O=C(Nc1ccc2c(c1)OC1(CCCCC1)O2)c1cc(Br)ccc1F. The summed E-state index contributed by atoms with van der Waals surface area (Å²) in [6, 6.07) is 9.51. The van der Waals surface area contributed by atoms with E-state index in [2.05, 4.69) is 21.2 Å². The van der Waals surface area contributed by atoms with Crippen molar-refractivity contribution < 1.29 is 18.7 Å². The molecule has 0 saturated heterocycles. The first-order chi connectivity index (χ1) is 12.0. The van der Waals surface area contributed by atoms with Gasteiger partial charge in [0.2, 0.25) is 0 Å². The van der Waals surface area contributed by atoms with Gasteiger partial charge in [0, 0.05) is 29.1 Å². The molecule has 1 aliphatic heterocycles. The molecule has 1 saturated carbocycles. The predicted molar refractivity (Wildman–Crippen MR) is 95.6 cm³/mol. The standard InChI is InChI=1S/C19H17BrFNO3/c20-12-4-6-15(21)14(10-12)18(23)22-13-5-7-16-17(11-13)25-19(24-16)8-2-1-3-9-19/h4-7,10-11H,1-3,8-9H2,(H,22,23). The maximum absolute atomic E-state index is 13.9. The molecule has 2 aromatic carbocycles. The second-order valence-electron chi connectivity index (χ2n) is 6.42.